The number of methoxy groups -OCH3 is 1. The van der Waals surface area contributed by atoms with E-state index in [0.29, 0.717) is 22.8 Å². The first-order valence-corrected chi connectivity index (χ1v) is 9.77. The van der Waals surface area contributed by atoms with E-state index in [4.69, 9.17) is 4.74 Å². The van der Waals surface area contributed by atoms with Crippen LogP contribution in [0.4, 0.5) is 17.1 Å². The molecule has 0 saturated carbocycles. The molecule has 0 spiro atoms. The number of benzene rings is 2. The zero-order valence-corrected chi connectivity index (χ0v) is 16.3. The van der Waals surface area contributed by atoms with Gasteiger partial charge < -0.3 is 15.4 Å². The highest BCUT2D eigenvalue weighted by Gasteiger charge is 2.18. The Labute approximate surface area is 158 Å². The number of hydrogen-bond donors (Lipinski definition) is 2. The molecule has 2 rings (SSSR count). The molecule has 2 aromatic rings. The third kappa shape index (κ3) is 5.20. The van der Waals surface area contributed by atoms with Gasteiger partial charge in [-0.15, -0.1) is 0 Å². The second kappa shape index (κ2) is 8.09. The van der Waals surface area contributed by atoms with E-state index in [-0.39, 0.29) is 11.5 Å². The molecule has 2 N–H and O–H groups in total. The summed E-state index contributed by atoms with van der Waals surface area (Å²) in [6.45, 7) is 1.41. The number of carbonyl (C=O) groups is 2. The Balaban J connectivity index is 2.27. The largest absolute Gasteiger partial charge is 0.496 e. The molecule has 27 heavy (non-hydrogen) atoms. The third-order valence-electron chi connectivity index (χ3n) is 3.75. The quantitative estimate of drug-likeness (QED) is 0.786. The summed E-state index contributed by atoms with van der Waals surface area (Å²) in [5.74, 6) is -0.334. The first-order chi connectivity index (χ1) is 12.6. The number of ether oxygens (including phenoxy) is 1. The Morgan fingerprint density at radius 3 is 2.04 bits per heavy atom. The topological polar surface area (TPSA) is 105 Å². The number of carbonyl (C=O) groups excluding carboxylic acids is 2. The fraction of sp³-hybridized carbons (Fsp3) is 0.222. The molecule has 0 saturated heterocycles. The Kier molecular flexibility index (Phi) is 6.06. The van der Waals surface area contributed by atoms with Gasteiger partial charge in [0.1, 0.15) is 5.75 Å². The normalized spacial score (nSPS) is 10.8. The van der Waals surface area contributed by atoms with Crippen molar-refractivity contribution in [3.05, 3.63) is 48.0 Å². The monoisotopic (exact) mass is 391 g/mol. The molecule has 0 aliphatic carbocycles. The lowest BCUT2D eigenvalue weighted by atomic mass is 10.1. The molecule has 0 aliphatic heterocycles. The standard InChI is InChI=1S/C18H21N3O5S/c1-12(22)19-13-5-7-14(8-6-13)20-18(23)16-11-15(9-10-17(16)26-3)21(2)27(4,24)25/h5-11H,1-4H3,(H,19,22)(H,20,23). The molecule has 0 heterocycles. The summed E-state index contributed by atoms with van der Waals surface area (Å²) >= 11 is 0. The minimum atomic E-state index is -3.47. The summed E-state index contributed by atoms with van der Waals surface area (Å²) < 4.78 is 29.7. The lowest BCUT2D eigenvalue weighted by molar-refractivity contribution is -0.114. The van der Waals surface area contributed by atoms with Gasteiger partial charge in [0.15, 0.2) is 0 Å². The number of hydrogen-bond acceptors (Lipinski definition) is 5. The molecule has 9 heteroatoms. The van der Waals surface area contributed by atoms with Crippen LogP contribution in [0.5, 0.6) is 5.75 Å². The van der Waals surface area contributed by atoms with Gasteiger partial charge in [-0.1, -0.05) is 0 Å². The van der Waals surface area contributed by atoms with Crippen LogP contribution in [-0.2, 0) is 14.8 Å². The van der Waals surface area contributed by atoms with Crippen LogP contribution in [0.2, 0.25) is 0 Å². The average Bonchev–Trinajstić information content (AvgIpc) is 2.61. The molecular formula is C18H21N3O5S. The first kappa shape index (κ1) is 20.2. The highest BCUT2D eigenvalue weighted by molar-refractivity contribution is 7.92. The van der Waals surface area contributed by atoms with Crippen molar-refractivity contribution in [2.45, 2.75) is 6.92 Å². The van der Waals surface area contributed by atoms with Crippen molar-refractivity contribution in [3.63, 3.8) is 0 Å². The summed E-state index contributed by atoms with van der Waals surface area (Å²) in [4.78, 5) is 23.7. The summed E-state index contributed by atoms with van der Waals surface area (Å²) in [6, 6.07) is 11.1. The lowest BCUT2D eigenvalue weighted by Crippen LogP contribution is -2.25. The van der Waals surface area contributed by atoms with Crippen molar-refractivity contribution < 1.29 is 22.7 Å². The molecule has 144 valence electrons. The molecule has 0 bridgehead atoms. The highest BCUT2D eigenvalue weighted by atomic mass is 32.2. The van der Waals surface area contributed by atoms with E-state index >= 15 is 0 Å². The SMILES string of the molecule is COc1ccc(N(C)S(C)(=O)=O)cc1C(=O)Nc1ccc(NC(C)=O)cc1. The van der Waals surface area contributed by atoms with Crippen molar-refractivity contribution in [2.75, 3.05) is 35.4 Å². The number of sulfonamides is 1. The minimum Gasteiger partial charge on any atom is -0.496 e. The van der Waals surface area contributed by atoms with Gasteiger partial charge in [0.25, 0.3) is 5.91 Å². The molecule has 8 nitrogen and oxygen atoms in total. The van der Waals surface area contributed by atoms with Crippen molar-refractivity contribution >= 4 is 38.9 Å². The molecule has 2 aromatic carbocycles. The van der Waals surface area contributed by atoms with Crippen LogP contribution in [0.25, 0.3) is 0 Å². The van der Waals surface area contributed by atoms with Crippen LogP contribution in [0.1, 0.15) is 17.3 Å². The fourth-order valence-electron chi connectivity index (χ4n) is 2.30. The van der Waals surface area contributed by atoms with Crippen LogP contribution in [0.15, 0.2) is 42.5 Å². The Morgan fingerprint density at radius 1 is 1.00 bits per heavy atom. The Morgan fingerprint density at radius 2 is 1.56 bits per heavy atom. The molecule has 0 unspecified atom stereocenters. The van der Waals surface area contributed by atoms with Crippen molar-refractivity contribution in [3.8, 4) is 5.75 Å². The molecule has 0 atom stereocenters. The van der Waals surface area contributed by atoms with Crippen LogP contribution in [0.3, 0.4) is 0 Å². The molecule has 0 aliphatic rings. The van der Waals surface area contributed by atoms with E-state index in [9.17, 15) is 18.0 Å². The van der Waals surface area contributed by atoms with Gasteiger partial charge in [-0.2, -0.15) is 0 Å². The van der Waals surface area contributed by atoms with E-state index < -0.39 is 15.9 Å². The van der Waals surface area contributed by atoms with Gasteiger partial charge in [-0.05, 0) is 42.5 Å². The lowest BCUT2D eigenvalue weighted by Gasteiger charge is -2.18. The minimum absolute atomic E-state index is 0.191. The van der Waals surface area contributed by atoms with Crippen LogP contribution in [-0.4, -0.2) is 40.6 Å². The number of amides is 2. The Bertz CT molecular complexity index is 955. The predicted octanol–water partition coefficient (Wildman–Crippen LogP) is 2.30. The number of rotatable bonds is 6. The molecule has 0 fully saturated rings. The maximum atomic E-state index is 12.7. The molecule has 0 radical (unpaired) electrons. The van der Waals surface area contributed by atoms with Gasteiger partial charge in [0.2, 0.25) is 15.9 Å². The first-order valence-electron chi connectivity index (χ1n) is 7.92. The van der Waals surface area contributed by atoms with Crippen LogP contribution < -0.4 is 19.7 Å². The fourth-order valence-corrected chi connectivity index (χ4v) is 2.80. The zero-order valence-electron chi connectivity index (χ0n) is 15.4. The maximum Gasteiger partial charge on any atom is 0.259 e. The van der Waals surface area contributed by atoms with Crippen LogP contribution >= 0.6 is 0 Å². The van der Waals surface area contributed by atoms with Gasteiger partial charge >= 0.3 is 0 Å². The molecule has 2 amide bonds. The number of anilines is 3. The van der Waals surface area contributed by atoms with Gasteiger partial charge in [0.05, 0.1) is 24.6 Å². The van der Waals surface area contributed by atoms with Crippen molar-refractivity contribution in [1.29, 1.82) is 0 Å². The zero-order chi connectivity index (χ0) is 20.2. The van der Waals surface area contributed by atoms with E-state index in [1.54, 1.807) is 30.3 Å². The van der Waals surface area contributed by atoms with E-state index in [1.165, 1.54) is 33.2 Å². The number of nitrogens with one attached hydrogen (secondary N) is 2. The molecular weight excluding hydrogens is 370 g/mol. The summed E-state index contributed by atoms with van der Waals surface area (Å²) in [7, 11) is -0.638. The van der Waals surface area contributed by atoms with Crippen LogP contribution in [0, 0.1) is 0 Å². The van der Waals surface area contributed by atoms with Gasteiger partial charge in [0, 0.05) is 25.3 Å². The highest BCUT2D eigenvalue weighted by Crippen LogP contribution is 2.26. The summed E-state index contributed by atoms with van der Waals surface area (Å²) in [6.07, 6.45) is 1.08. The van der Waals surface area contributed by atoms with Gasteiger partial charge in [-0.3, -0.25) is 13.9 Å². The van der Waals surface area contributed by atoms with E-state index in [1.807, 2.05) is 0 Å². The maximum absolute atomic E-state index is 12.7. The summed E-state index contributed by atoms with van der Waals surface area (Å²) in [5, 5.41) is 5.35. The second-order valence-electron chi connectivity index (χ2n) is 5.83. The third-order valence-corrected chi connectivity index (χ3v) is 4.96. The van der Waals surface area contributed by atoms with Crippen molar-refractivity contribution in [2.24, 2.45) is 0 Å². The van der Waals surface area contributed by atoms with Crippen molar-refractivity contribution in [1.82, 2.24) is 0 Å². The van der Waals surface area contributed by atoms with E-state index in [0.717, 1.165) is 10.6 Å². The predicted molar refractivity (Wildman–Crippen MR) is 105 cm³/mol. The van der Waals surface area contributed by atoms with Gasteiger partial charge in [-0.25, -0.2) is 8.42 Å². The van der Waals surface area contributed by atoms with E-state index in [2.05, 4.69) is 10.6 Å². The smallest absolute Gasteiger partial charge is 0.259 e. The Hall–Kier alpha value is -3.07. The number of nitrogens with zero attached hydrogens (tertiary/aromatic N) is 1. The second-order valence-corrected chi connectivity index (χ2v) is 7.84. The average molecular weight is 391 g/mol. The summed E-state index contributed by atoms with van der Waals surface area (Å²) in [5.41, 5.74) is 1.65. The molecule has 0 aromatic heterocycles.